The molecule has 0 saturated carbocycles. The van der Waals surface area contributed by atoms with Gasteiger partial charge in [0.15, 0.2) is 5.13 Å². The topological polar surface area (TPSA) is 51.2 Å². The van der Waals surface area contributed by atoms with Crippen LogP contribution in [0.2, 0.25) is 0 Å². The summed E-state index contributed by atoms with van der Waals surface area (Å²) in [6.07, 6.45) is 0.743. The predicted molar refractivity (Wildman–Crippen MR) is 102 cm³/mol. The average molecular weight is 352 g/mol. The number of benzene rings is 2. The molecule has 4 nitrogen and oxygen atoms in total. The molecule has 0 radical (unpaired) electrons. The van der Waals surface area contributed by atoms with Crippen LogP contribution in [0.25, 0.3) is 11.3 Å². The second kappa shape index (κ2) is 7.94. The van der Waals surface area contributed by atoms with Gasteiger partial charge in [0.1, 0.15) is 5.75 Å². The minimum Gasteiger partial charge on any atom is -0.497 e. The van der Waals surface area contributed by atoms with Crippen LogP contribution in [0, 0.1) is 0 Å². The van der Waals surface area contributed by atoms with Crippen molar-refractivity contribution in [3.8, 4) is 17.0 Å². The molecule has 128 valence electrons. The highest BCUT2D eigenvalue weighted by molar-refractivity contribution is 7.14. The third-order valence-electron chi connectivity index (χ3n) is 4.05. The van der Waals surface area contributed by atoms with Gasteiger partial charge in [-0.05, 0) is 36.2 Å². The standard InChI is InChI=1S/C20H20N2O2S/c1-3-17(14-7-5-4-6-8-14)19(23)22-20-21-18(13-25-20)15-9-11-16(24-2)12-10-15/h4-13,17H,3H2,1-2H3,(H,21,22,23)/t17-/m0/s1. The fourth-order valence-corrected chi connectivity index (χ4v) is 3.40. The summed E-state index contributed by atoms with van der Waals surface area (Å²) < 4.78 is 5.17. The fraction of sp³-hybridized carbons (Fsp3) is 0.200. The maximum absolute atomic E-state index is 12.6. The zero-order valence-corrected chi connectivity index (χ0v) is 15.0. The zero-order valence-electron chi connectivity index (χ0n) is 14.2. The average Bonchev–Trinajstić information content (AvgIpc) is 3.12. The lowest BCUT2D eigenvalue weighted by Gasteiger charge is -2.14. The van der Waals surface area contributed by atoms with Gasteiger partial charge < -0.3 is 10.1 Å². The Labute approximate surface area is 151 Å². The van der Waals surface area contributed by atoms with Gasteiger partial charge in [-0.2, -0.15) is 0 Å². The molecule has 3 rings (SSSR count). The molecule has 2 aromatic carbocycles. The van der Waals surface area contributed by atoms with Crippen LogP contribution in [-0.2, 0) is 4.79 Å². The monoisotopic (exact) mass is 352 g/mol. The molecule has 25 heavy (non-hydrogen) atoms. The minimum absolute atomic E-state index is 0.0238. The van der Waals surface area contributed by atoms with Crippen LogP contribution in [0.1, 0.15) is 24.8 Å². The number of amides is 1. The maximum atomic E-state index is 12.6. The van der Waals surface area contributed by atoms with E-state index in [9.17, 15) is 4.79 Å². The van der Waals surface area contributed by atoms with Crippen molar-refractivity contribution in [1.29, 1.82) is 0 Å². The molecule has 3 aromatic rings. The number of anilines is 1. The summed E-state index contributed by atoms with van der Waals surface area (Å²) in [5.41, 5.74) is 2.86. The molecule has 1 aromatic heterocycles. The Hall–Kier alpha value is -2.66. The molecule has 1 heterocycles. The van der Waals surface area contributed by atoms with E-state index in [-0.39, 0.29) is 11.8 Å². The number of carbonyl (C=O) groups excluding carboxylic acids is 1. The summed E-state index contributed by atoms with van der Waals surface area (Å²) in [5.74, 6) is 0.611. The number of hydrogen-bond acceptors (Lipinski definition) is 4. The van der Waals surface area contributed by atoms with Crippen molar-refractivity contribution in [3.05, 3.63) is 65.5 Å². The van der Waals surface area contributed by atoms with Crippen LogP contribution in [0.4, 0.5) is 5.13 Å². The van der Waals surface area contributed by atoms with Crippen molar-refractivity contribution in [1.82, 2.24) is 4.98 Å². The van der Waals surface area contributed by atoms with E-state index < -0.39 is 0 Å². The van der Waals surface area contributed by atoms with Crippen molar-refractivity contribution in [3.63, 3.8) is 0 Å². The van der Waals surface area contributed by atoms with Gasteiger partial charge in [0, 0.05) is 10.9 Å². The molecule has 0 spiro atoms. The Balaban J connectivity index is 1.72. The molecule has 0 saturated heterocycles. The Morgan fingerprint density at radius 1 is 1.16 bits per heavy atom. The molecule has 0 unspecified atom stereocenters. The zero-order chi connectivity index (χ0) is 17.6. The van der Waals surface area contributed by atoms with E-state index in [2.05, 4.69) is 10.3 Å². The Kier molecular flexibility index (Phi) is 5.46. The SMILES string of the molecule is CC[C@H](C(=O)Nc1nc(-c2ccc(OC)cc2)cs1)c1ccccc1. The van der Waals surface area contributed by atoms with E-state index in [1.54, 1.807) is 7.11 Å². The normalized spacial score (nSPS) is 11.8. The molecule has 1 N–H and O–H groups in total. The smallest absolute Gasteiger partial charge is 0.233 e. The lowest BCUT2D eigenvalue weighted by Crippen LogP contribution is -2.20. The van der Waals surface area contributed by atoms with Gasteiger partial charge in [0.05, 0.1) is 18.7 Å². The molecule has 0 fully saturated rings. The number of aromatic nitrogens is 1. The van der Waals surface area contributed by atoms with E-state index in [1.807, 2.05) is 66.9 Å². The quantitative estimate of drug-likeness (QED) is 0.683. The van der Waals surface area contributed by atoms with Crippen LogP contribution in [0.15, 0.2) is 60.0 Å². The highest BCUT2D eigenvalue weighted by Gasteiger charge is 2.19. The highest BCUT2D eigenvalue weighted by atomic mass is 32.1. The van der Waals surface area contributed by atoms with Gasteiger partial charge >= 0.3 is 0 Å². The number of ether oxygens (including phenoxy) is 1. The first kappa shape index (κ1) is 17.2. The molecule has 5 heteroatoms. The largest absolute Gasteiger partial charge is 0.497 e. The molecule has 1 atom stereocenters. The van der Waals surface area contributed by atoms with E-state index in [1.165, 1.54) is 11.3 Å². The van der Waals surface area contributed by atoms with Gasteiger partial charge in [-0.1, -0.05) is 37.3 Å². The summed E-state index contributed by atoms with van der Waals surface area (Å²) in [6.45, 7) is 2.02. The summed E-state index contributed by atoms with van der Waals surface area (Å²) in [7, 11) is 1.64. The predicted octanol–water partition coefficient (Wildman–Crippen LogP) is 4.95. The van der Waals surface area contributed by atoms with Crippen molar-refractivity contribution < 1.29 is 9.53 Å². The van der Waals surface area contributed by atoms with Gasteiger partial charge in [-0.25, -0.2) is 4.98 Å². The molecule has 0 aliphatic rings. The number of carbonyl (C=O) groups is 1. The van der Waals surface area contributed by atoms with E-state index in [0.29, 0.717) is 5.13 Å². The third kappa shape index (κ3) is 4.06. The van der Waals surface area contributed by atoms with Crippen LogP contribution in [0.5, 0.6) is 5.75 Å². The van der Waals surface area contributed by atoms with E-state index in [0.717, 1.165) is 29.0 Å². The Bertz CT molecular complexity index is 828. The second-order valence-electron chi connectivity index (χ2n) is 5.63. The van der Waals surface area contributed by atoms with Gasteiger partial charge in [-0.15, -0.1) is 11.3 Å². The summed E-state index contributed by atoms with van der Waals surface area (Å²) in [5, 5.41) is 5.51. The molecule has 0 aliphatic heterocycles. The number of nitrogens with one attached hydrogen (secondary N) is 1. The lowest BCUT2D eigenvalue weighted by atomic mass is 9.96. The minimum atomic E-state index is -0.172. The highest BCUT2D eigenvalue weighted by Crippen LogP contribution is 2.28. The van der Waals surface area contributed by atoms with Crippen molar-refractivity contribution >= 4 is 22.4 Å². The molecule has 0 aliphatic carbocycles. The summed E-state index contributed by atoms with van der Waals surface area (Å²) in [6, 6.07) is 17.5. The van der Waals surface area contributed by atoms with Crippen molar-refractivity contribution in [2.24, 2.45) is 0 Å². The number of methoxy groups -OCH3 is 1. The number of rotatable bonds is 6. The molecule has 0 bridgehead atoms. The fourth-order valence-electron chi connectivity index (χ4n) is 2.68. The third-order valence-corrected chi connectivity index (χ3v) is 4.80. The van der Waals surface area contributed by atoms with Crippen LogP contribution >= 0.6 is 11.3 Å². The summed E-state index contributed by atoms with van der Waals surface area (Å²) >= 11 is 1.43. The first-order valence-corrected chi connectivity index (χ1v) is 9.05. The number of thiazole rings is 1. The van der Waals surface area contributed by atoms with Crippen LogP contribution in [-0.4, -0.2) is 18.0 Å². The number of nitrogens with zero attached hydrogens (tertiary/aromatic N) is 1. The Morgan fingerprint density at radius 2 is 1.88 bits per heavy atom. The van der Waals surface area contributed by atoms with Gasteiger partial charge in [-0.3, -0.25) is 4.79 Å². The number of hydrogen-bond donors (Lipinski definition) is 1. The Morgan fingerprint density at radius 3 is 2.52 bits per heavy atom. The van der Waals surface area contributed by atoms with Crippen molar-refractivity contribution in [2.75, 3.05) is 12.4 Å². The first-order valence-electron chi connectivity index (χ1n) is 8.17. The van der Waals surface area contributed by atoms with Gasteiger partial charge in [0.2, 0.25) is 5.91 Å². The molecule has 1 amide bonds. The molecular weight excluding hydrogens is 332 g/mol. The van der Waals surface area contributed by atoms with E-state index in [4.69, 9.17) is 4.74 Å². The van der Waals surface area contributed by atoms with Crippen LogP contribution < -0.4 is 10.1 Å². The molecular formula is C20H20N2O2S. The van der Waals surface area contributed by atoms with Gasteiger partial charge in [0.25, 0.3) is 0 Å². The second-order valence-corrected chi connectivity index (χ2v) is 6.49. The first-order chi connectivity index (χ1) is 12.2. The van der Waals surface area contributed by atoms with Crippen LogP contribution in [0.3, 0.4) is 0 Å². The summed E-state index contributed by atoms with van der Waals surface area (Å²) in [4.78, 5) is 17.1. The maximum Gasteiger partial charge on any atom is 0.233 e. The van der Waals surface area contributed by atoms with Crippen molar-refractivity contribution in [2.45, 2.75) is 19.3 Å². The lowest BCUT2D eigenvalue weighted by molar-refractivity contribution is -0.117. The van der Waals surface area contributed by atoms with E-state index >= 15 is 0 Å².